The van der Waals surface area contributed by atoms with E-state index in [4.69, 9.17) is 4.43 Å². The Balaban J connectivity index is 3.06. The maximum absolute atomic E-state index is 12.2. The van der Waals surface area contributed by atoms with E-state index in [1.807, 2.05) is 25.9 Å². The van der Waals surface area contributed by atoms with Gasteiger partial charge in [0.25, 0.3) is 0 Å². The minimum atomic E-state index is -1.18. The van der Waals surface area contributed by atoms with Gasteiger partial charge in [-0.05, 0) is 31.9 Å². The molecule has 0 saturated carbocycles. The number of hydrogen-bond donors (Lipinski definition) is 0. The van der Waals surface area contributed by atoms with Crippen molar-refractivity contribution < 1.29 is 9.22 Å². The molecule has 0 bridgehead atoms. The van der Waals surface area contributed by atoms with E-state index in [0.29, 0.717) is 5.01 Å². The molecule has 1 aromatic heterocycles. The van der Waals surface area contributed by atoms with E-state index in [0.717, 1.165) is 17.0 Å². The third-order valence-electron chi connectivity index (χ3n) is 3.09. The second-order valence-corrected chi connectivity index (χ2v) is 11.0. The Bertz CT molecular complexity index is 559. The first-order valence-corrected chi connectivity index (χ1v) is 11.6. The quantitative estimate of drug-likeness (QED) is 0.418. The molecule has 1 heterocycles. The Kier molecular flexibility index (Phi) is 7.17. The fourth-order valence-corrected chi connectivity index (χ4v) is 4.20. The average molecular weight is 355 g/mol. The number of rotatable bonds is 7. The molecule has 6 heteroatoms. The first kappa shape index (κ1) is 20.1. The Hall–Kier alpha value is -0.983. The van der Waals surface area contributed by atoms with Gasteiger partial charge in [0.05, 0.1) is 16.7 Å². The minimum Gasteiger partial charge on any atom is -0.413 e. The molecule has 0 aliphatic rings. The summed E-state index contributed by atoms with van der Waals surface area (Å²) in [5.41, 5.74) is 1.08. The molecular weight excluding hydrogens is 324 g/mol. The van der Waals surface area contributed by atoms with Crippen LogP contribution in [0.25, 0.3) is 0 Å². The second-order valence-electron chi connectivity index (χ2n) is 7.55. The molecule has 1 aromatic rings. The van der Waals surface area contributed by atoms with E-state index in [1.54, 1.807) is 12.3 Å². The van der Waals surface area contributed by atoms with Gasteiger partial charge in [0.15, 0.2) is 14.0 Å². The number of carbonyl (C=O) groups is 1. The molecule has 0 aliphatic heterocycles. The topological polar surface area (TPSA) is 42.4 Å². The third-order valence-corrected chi connectivity index (χ3v) is 5.23. The van der Waals surface area contributed by atoms with Crippen LogP contribution in [0.3, 0.4) is 0 Å². The van der Waals surface area contributed by atoms with Crippen LogP contribution in [0.5, 0.6) is 0 Å². The van der Waals surface area contributed by atoms with Crippen LogP contribution in [0.1, 0.15) is 53.7 Å². The molecule has 0 aromatic carbocycles. The number of allylic oxidation sites excluding steroid dienone is 1. The lowest BCUT2D eigenvalue weighted by atomic mass is 9.88. The van der Waals surface area contributed by atoms with E-state index in [2.05, 4.69) is 38.8 Å². The van der Waals surface area contributed by atoms with Gasteiger partial charge in [-0.15, -0.1) is 11.3 Å². The van der Waals surface area contributed by atoms with Crippen LogP contribution in [0, 0.1) is 12.3 Å². The maximum Gasteiger partial charge on any atom is 0.215 e. The summed E-state index contributed by atoms with van der Waals surface area (Å²) in [5.74, 6) is -0.0469. The normalized spacial score (nSPS) is 13.8. The molecule has 0 N–H and O–H groups in total. The summed E-state index contributed by atoms with van der Waals surface area (Å²) in [5, 5.41) is 0.545. The lowest BCUT2D eigenvalue weighted by molar-refractivity contribution is 0.104. The zero-order valence-corrected chi connectivity index (χ0v) is 17.6. The van der Waals surface area contributed by atoms with E-state index in [9.17, 15) is 4.79 Å². The van der Waals surface area contributed by atoms with Crippen molar-refractivity contribution in [2.75, 3.05) is 14.1 Å². The van der Waals surface area contributed by atoms with Crippen molar-refractivity contribution in [1.82, 2.24) is 9.88 Å². The number of hydrogen-bond acceptors (Lipinski definition) is 5. The van der Waals surface area contributed by atoms with E-state index >= 15 is 0 Å². The summed E-state index contributed by atoms with van der Waals surface area (Å²) < 4.78 is 6.26. The predicted molar refractivity (Wildman–Crippen MR) is 101 cm³/mol. The highest BCUT2D eigenvalue weighted by molar-refractivity contribution is 7.14. The second kappa shape index (κ2) is 8.21. The number of nitrogens with zero attached hydrogens (tertiary/aromatic N) is 2. The van der Waals surface area contributed by atoms with E-state index in [-0.39, 0.29) is 17.3 Å². The Morgan fingerprint density at radius 2 is 2.00 bits per heavy atom. The van der Waals surface area contributed by atoms with Gasteiger partial charge in [-0.3, -0.25) is 4.79 Å². The van der Waals surface area contributed by atoms with Crippen LogP contribution in [-0.2, 0) is 4.43 Å². The number of carbonyl (C=O) groups excluding carboxylic acids is 1. The molecule has 130 valence electrons. The summed E-state index contributed by atoms with van der Waals surface area (Å²) >= 11 is 1.48. The van der Waals surface area contributed by atoms with Crippen LogP contribution in [0.15, 0.2) is 12.3 Å². The lowest BCUT2D eigenvalue weighted by Crippen LogP contribution is -2.19. The summed E-state index contributed by atoms with van der Waals surface area (Å²) in [4.78, 5) is 19.7. The molecule has 0 amide bonds. The number of ketones is 1. The molecule has 0 fully saturated rings. The number of aryl methyl sites for hydroxylation is 1. The van der Waals surface area contributed by atoms with Gasteiger partial charge in [-0.25, -0.2) is 4.98 Å². The fraction of sp³-hybridized carbons (Fsp3) is 0.647. The molecule has 23 heavy (non-hydrogen) atoms. The lowest BCUT2D eigenvalue weighted by Gasteiger charge is -2.27. The largest absolute Gasteiger partial charge is 0.413 e. The van der Waals surface area contributed by atoms with Crippen LogP contribution >= 0.6 is 11.3 Å². The highest BCUT2D eigenvalue weighted by atomic mass is 32.1. The van der Waals surface area contributed by atoms with Crippen molar-refractivity contribution in [3.63, 3.8) is 0 Å². The zero-order chi connectivity index (χ0) is 17.8. The van der Waals surface area contributed by atoms with Gasteiger partial charge in [-0.2, -0.15) is 0 Å². The van der Waals surface area contributed by atoms with Gasteiger partial charge in [0.1, 0.15) is 0 Å². The summed E-state index contributed by atoms with van der Waals surface area (Å²) in [6, 6.07) is 0. The van der Waals surface area contributed by atoms with Crippen molar-refractivity contribution in [3.8, 4) is 0 Å². The Morgan fingerprint density at radius 1 is 1.39 bits per heavy atom. The predicted octanol–water partition coefficient (Wildman–Crippen LogP) is 4.19. The van der Waals surface area contributed by atoms with Crippen LogP contribution in [0.4, 0.5) is 0 Å². The van der Waals surface area contributed by atoms with Gasteiger partial charge in [-0.1, -0.05) is 20.8 Å². The summed E-state index contributed by atoms with van der Waals surface area (Å²) in [6.45, 7) is 13.0. The van der Waals surface area contributed by atoms with E-state index < -0.39 is 9.04 Å². The zero-order valence-electron chi connectivity index (χ0n) is 15.6. The Labute approximate surface area is 146 Å². The van der Waals surface area contributed by atoms with Crippen molar-refractivity contribution in [2.24, 2.45) is 5.41 Å². The van der Waals surface area contributed by atoms with Gasteiger partial charge in [0.2, 0.25) is 5.78 Å². The third kappa shape index (κ3) is 6.97. The fourth-order valence-electron chi connectivity index (χ4n) is 2.19. The molecule has 1 rings (SSSR count). The maximum atomic E-state index is 12.2. The molecule has 4 nitrogen and oxygen atoms in total. The smallest absolute Gasteiger partial charge is 0.215 e. The van der Waals surface area contributed by atoms with E-state index in [1.165, 1.54) is 11.3 Å². The first-order valence-electron chi connectivity index (χ1n) is 8.01. The standard InChI is InChI=1S/C17H30N2O2SSi/c1-12-15(14(21-23(7)8)11-17(2,3)4)22-16(18-12)13(20)9-10-19(5)6/h9-10,14,23H,11H2,1-8H3/b10-9+. The van der Waals surface area contributed by atoms with Crippen molar-refractivity contribution in [3.05, 3.63) is 27.9 Å². The van der Waals surface area contributed by atoms with Crippen molar-refractivity contribution >= 4 is 26.2 Å². The van der Waals surface area contributed by atoms with Crippen LogP contribution < -0.4 is 0 Å². The molecule has 1 unspecified atom stereocenters. The Morgan fingerprint density at radius 3 is 2.48 bits per heavy atom. The number of aromatic nitrogens is 1. The molecule has 0 saturated heterocycles. The minimum absolute atomic E-state index is 0.0403. The van der Waals surface area contributed by atoms with Crippen molar-refractivity contribution in [1.29, 1.82) is 0 Å². The van der Waals surface area contributed by atoms with Gasteiger partial charge in [0, 0.05) is 26.4 Å². The first-order chi connectivity index (χ1) is 10.5. The van der Waals surface area contributed by atoms with Crippen LogP contribution in [-0.4, -0.2) is 38.8 Å². The molecular formula is C17H30N2O2SSi. The van der Waals surface area contributed by atoms with Crippen molar-refractivity contribution in [2.45, 2.75) is 53.3 Å². The van der Waals surface area contributed by atoms with Crippen LogP contribution in [0.2, 0.25) is 13.1 Å². The molecule has 0 aliphatic carbocycles. The molecule has 0 radical (unpaired) electrons. The molecule has 1 atom stereocenters. The van der Waals surface area contributed by atoms with Gasteiger partial charge < -0.3 is 9.33 Å². The number of thiazole rings is 1. The highest BCUT2D eigenvalue weighted by Gasteiger charge is 2.26. The summed E-state index contributed by atoms with van der Waals surface area (Å²) in [7, 11) is 2.61. The molecule has 0 spiro atoms. The monoisotopic (exact) mass is 354 g/mol. The van der Waals surface area contributed by atoms with Gasteiger partial charge >= 0.3 is 0 Å². The highest BCUT2D eigenvalue weighted by Crippen LogP contribution is 2.37. The SMILES string of the molecule is Cc1nc(C(=O)/C=C/N(C)C)sc1C(CC(C)(C)C)O[SiH](C)C. The summed E-state index contributed by atoms with van der Waals surface area (Å²) in [6.07, 6.45) is 4.29. The average Bonchev–Trinajstić information content (AvgIpc) is 2.75.